The van der Waals surface area contributed by atoms with Gasteiger partial charge < -0.3 is 9.32 Å². The largest absolute Gasteiger partial charge is 0.441 e. The third-order valence-electron chi connectivity index (χ3n) is 5.00. The van der Waals surface area contributed by atoms with Crippen LogP contribution in [0.5, 0.6) is 0 Å². The van der Waals surface area contributed by atoms with Crippen LogP contribution in [0.2, 0.25) is 0 Å². The highest BCUT2D eigenvalue weighted by atomic mass is 32.1. The highest BCUT2D eigenvalue weighted by molar-refractivity contribution is 7.80. The molecule has 0 saturated carbocycles. The Balaban J connectivity index is 1.60. The molecule has 0 aliphatic carbocycles. The number of carbonyl (C=O) groups is 2. The lowest BCUT2D eigenvalue weighted by atomic mass is 10.1. The Labute approximate surface area is 173 Å². The molecule has 2 saturated heterocycles. The van der Waals surface area contributed by atoms with Gasteiger partial charge in [0, 0.05) is 19.2 Å². The molecule has 150 valence electrons. The van der Waals surface area contributed by atoms with Crippen molar-refractivity contribution in [3.63, 3.8) is 0 Å². The molecule has 0 bridgehead atoms. The first-order valence-corrected chi connectivity index (χ1v) is 9.95. The Morgan fingerprint density at radius 3 is 2.38 bits per heavy atom. The molecule has 4 rings (SSSR count). The maximum Gasteiger partial charge on any atom is 0.270 e. The fourth-order valence-corrected chi connectivity index (χ4v) is 3.79. The number of amides is 2. The van der Waals surface area contributed by atoms with Crippen molar-refractivity contribution in [3.05, 3.63) is 53.5 Å². The Morgan fingerprint density at radius 1 is 1.00 bits per heavy atom. The molecule has 0 unspecified atom stereocenters. The number of thiocarbonyl (C=S) groups is 1. The van der Waals surface area contributed by atoms with Crippen molar-refractivity contribution in [1.29, 1.82) is 0 Å². The van der Waals surface area contributed by atoms with E-state index in [0.29, 0.717) is 11.4 Å². The average Bonchev–Trinajstić information content (AvgIpc) is 2.99. The normalized spacial score (nSPS) is 19.5. The highest BCUT2D eigenvalue weighted by Gasteiger charge is 2.34. The van der Waals surface area contributed by atoms with E-state index in [2.05, 4.69) is 10.2 Å². The van der Waals surface area contributed by atoms with E-state index in [4.69, 9.17) is 16.6 Å². The van der Waals surface area contributed by atoms with Crippen molar-refractivity contribution in [2.45, 2.75) is 25.7 Å². The molecule has 3 heterocycles. The van der Waals surface area contributed by atoms with E-state index in [1.165, 1.54) is 48.1 Å². The van der Waals surface area contributed by atoms with Crippen LogP contribution in [0.25, 0.3) is 6.08 Å². The summed E-state index contributed by atoms with van der Waals surface area (Å²) >= 11 is 5.14. The highest BCUT2D eigenvalue weighted by Crippen LogP contribution is 2.26. The molecule has 2 aromatic rings. The van der Waals surface area contributed by atoms with Gasteiger partial charge in [0.05, 0.1) is 5.69 Å². The number of rotatable bonds is 3. The van der Waals surface area contributed by atoms with Crippen LogP contribution in [0, 0.1) is 5.82 Å². The second-order valence-electron chi connectivity index (χ2n) is 7.01. The molecule has 2 amide bonds. The summed E-state index contributed by atoms with van der Waals surface area (Å²) in [6, 6.07) is 8.91. The van der Waals surface area contributed by atoms with Crippen LogP contribution in [0.15, 0.2) is 46.4 Å². The number of hydrogen-bond acceptors (Lipinski definition) is 5. The molecule has 8 heteroatoms. The second kappa shape index (κ2) is 8.16. The van der Waals surface area contributed by atoms with Crippen molar-refractivity contribution in [2.75, 3.05) is 22.9 Å². The monoisotopic (exact) mass is 413 g/mol. The summed E-state index contributed by atoms with van der Waals surface area (Å²) < 4.78 is 19.1. The maximum absolute atomic E-state index is 13.2. The van der Waals surface area contributed by atoms with Gasteiger partial charge in [0.1, 0.15) is 17.2 Å². The first-order chi connectivity index (χ1) is 14.0. The number of nitrogens with one attached hydrogen (secondary N) is 1. The van der Waals surface area contributed by atoms with Crippen molar-refractivity contribution in [1.82, 2.24) is 5.32 Å². The first kappa shape index (κ1) is 19.3. The molecule has 0 radical (unpaired) electrons. The van der Waals surface area contributed by atoms with Crippen LogP contribution in [-0.2, 0) is 9.59 Å². The van der Waals surface area contributed by atoms with E-state index in [1.807, 2.05) is 6.07 Å². The number of carbonyl (C=O) groups excluding carboxylic acids is 2. The minimum Gasteiger partial charge on any atom is -0.441 e. The summed E-state index contributed by atoms with van der Waals surface area (Å²) in [5.74, 6) is -0.465. The fourth-order valence-electron chi connectivity index (χ4n) is 3.51. The number of halogens is 1. The zero-order chi connectivity index (χ0) is 20.4. The number of anilines is 2. The molecular formula is C21H20FN3O3S. The Bertz CT molecular complexity index is 975. The number of hydrogen-bond donors (Lipinski definition) is 1. The predicted molar refractivity (Wildman–Crippen MR) is 112 cm³/mol. The summed E-state index contributed by atoms with van der Waals surface area (Å²) in [7, 11) is 0. The molecule has 0 atom stereocenters. The molecular weight excluding hydrogens is 393 g/mol. The zero-order valence-corrected chi connectivity index (χ0v) is 16.5. The van der Waals surface area contributed by atoms with Gasteiger partial charge in [-0.1, -0.05) is 12.8 Å². The molecule has 0 spiro atoms. The summed E-state index contributed by atoms with van der Waals surface area (Å²) in [5, 5.41) is 2.46. The standard InChI is InChI=1S/C21H20FN3O3S/c22-14-5-7-15(8-6-14)25-20(27)17(19(26)23-21(25)29)13-16-9-10-18(28-16)24-11-3-1-2-4-12-24/h5-10,13H,1-4,11-12H2,(H,23,26,29)/b17-13-. The van der Waals surface area contributed by atoms with E-state index in [9.17, 15) is 14.0 Å². The van der Waals surface area contributed by atoms with Crippen molar-refractivity contribution < 1.29 is 18.4 Å². The van der Waals surface area contributed by atoms with Crippen molar-refractivity contribution >= 4 is 46.8 Å². The number of furan rings is 1. The summed E-state index contributed by atoms with van der Waals surface area (Å²) in [6.07, 6.45) is 6.06. The molecule has 29 heavy (non-hydrogen) atoms. The fraction of sp³-hybridized carbons (Fsp3) is 0.286. The third kappa shape index (κ3) is 4.07. The van der Waals surface area contributed by atoms with Gasteiger partial charge in [0.25, 0.3) is 11.8 Å². The van der Waals surface area contributed by atoms with Crippen LogP contribution in [-0.4, -0.2) is 30.0 Å². The van der Waals surface area contributed by atoms with E-state index in [-0.39, 0.29) is 10.7 Å². The van der Waals surface area contributed by atoms with Gasteiger partial charge in [0.15, 0.2) is 11.0 Å². The van der Waals surface area contributed by atoms with Gasteiger partial charge in [-0.3, -0.25) is 19.8 Å². The average molecular weight is 413 g/mol. The van der Waals surface area contributed by atoms with Crippen molar-refractivity contribution in [3.8, 4) is 0 Å². The maximum atomic E-state index is 13.2. The van der Waals surface area contributed by atoms with Gasteiger partial charge in [-0.2, -0.15) is 0 Å². The van der Waals surface area contributed by atoms with Crippen molar-refractivity contribution in [2.24, 2.45) is 0 Å². The zero-order valence-electron chi connectivity index (χ0n) is 15.7. The molecule has 6 nitrogen and oxygen atoms in total. The summed E-state index contributed by atoms with van der Waals surface area (Å²) in [5.41, 5.74) is 0.275. The van der Waals surface area contributed by atoms with Crippen LogP contribution in [0.4, 0.5) is 16.0 Å². The third-order valence-corrected chi connectivity index (χ3v) is 5.29. The van der Waals surface area contributed by atoms with Gasteiger partial charge in [0.2, 0.25) is 0 Å². The topological polar surface area (TPSA) is 65.8 Å². The van der Waals surface area contributed by atoms with Gasteiger partial charge >= 0.3 is 0 Å². The minimum absolute atomic E-state index is 0.0477. The molecule has 1 N–H and O–H groups in total. The Morgan fingerprint density at radius 2 is 1.69 bits per heavy atom. The smallest absolute Gasteiger partial charge is 0.270 e. The lowest BCUT2D eigenvalue weighted by molar-refractivity contribution is -0.122. The van der Waals surface area contributed by atoms with Gasteiger partial charge in [-0.05, 0) is 61.5 Å². The SMILES string of the molecule is O=C1NC(=S)N(c2ccc(F)cc2)C(=O)/C1=C\c1ccc(N2CCCCCC2)o1. The quantitative estimate of drug-likeness (QED) is 0.473. The van der Waals surface area contributed by atoms with E-state index in [0.717, 1.165) is 31.8 Å². The summed E-state index contributed by atoms with van der Waals surface area (Å²) in [6.45, 7) is 1.85. The first-order valence-electron chi connectivity index (χ1n) is 9.55. The van der Waals surface area contributed by atoms with E-state index < -0.39 is 17.6 Å². The lowest BCUT2D eigenvalue weighted by Crippen LogP contribution is -2.54. The minimum atomic E-state index is -0.592. The second-order valence-corrected chi connectivity index (χ2v) is 7.40. The van der Waals surface area contributed by atoms with Crippen LogP contribution < -0.4 is 15.1 Å². The van der Waals surface area contributed by atoms with Gasteiger partial charge in [-0.15, -0.1) is 0 Å². The number of nitrogens with zero attached hydrogens (tertiary/aromatic N) is 2. The lowest BCUT2D eigenvalue weighted by Gasteiger charge is -2.28. The Kier molecular flexibility index (Phi) is 5.44. The van der Waals surface area contributed by atoms with E-state index in [1.54, 1.807) is 6.07 Å². The Hall–Kier alpha value is -3.00. The van der Waals surface area contributed by atoms with Gasteiger partial charge in [-0.25, -0.2) is 4.39 Å². The molecule has 1 aromatic heterocycles. The summed E-state index contributed by atoms with van der Waals surface area (Å²) in [4.78, 5) is 28.7. The molecule has 2 aliphatic rings. The predicted octanol–water partition coefficient (Wildman–Crippen LogP) is 3.63. The van der Waals surface area contributed by atoms with Crippen LogP contribution in [0.1, 0.15) is 31.4 Å². The van der Waals surface area contributed by atoms with Crippen LogP contribution >= 0.6 is 12.2 Å². The molecule has 2 fully saturated rings. The van der Waals surface area contributed by atoms with Crippen LogP contribution in [0.3, 0.4) is 0 Å². The molecule has 2 aliphatic heterocycles. The number of benzene rings is 1. The van der Waals surface area contributed by atoms with E-state index >= 15 is 0 Å². The molecule has 1 aromatic carbocycles.